The van der Waals surface area contributed by atoms with Crippen LogP contribution in [0.3, 0.4) is 0 Å². The molecular formula is C40H72NO8P. The summed E-state index contributed by atoms with van der Waals surface area (Å²) in [6.07, 6.45) is 35.8. The molecule has 0 radical (unpaired) electrons. The zero-order chi connectivity index (χ0) is 37.2. The van der Waals surface area contributed by atoms with Gasteiger partial charge in [-0.05, 0) is 51.4 Å². The van der Waals surface area contributed by atoms with E-state index < -0.39 is 32.5 Å². The standard InChI is InChI=1S/C40H72NO8P/c1-6-8-10-12-14-16-17-18-19-20-21-22-23-25-27-29-31-33-40(43)49-38(37-48-50(44,45)47-35-34-41(3,4)5)36-46-39(42)32-30-28-26-24-15-13-11-9-7-2/h14,16,18-19,21-22,25,27,38H,6-13,15,17,20,23-24,26,28-37H2,1-5H3/b16-14-,19-18-,22-21-,27-25-/t38-/m1/s1. The fraction of sp³-hybridized carbons (Fsp3) is 0.750. The maximum absolute atomic E-state index is 12.6. The molecule has 50 heavy (non-hydrogen) atoms. The minimum absolute atomic E-state index is 0.0417. The van der Waals surface area contributed by atoms with Gasteiger partial charge in [-0.25, -0.2) is 0 Å². The first-order valence-corrected chi connectivity index (χ1v) is 20.8. The number of ether oxygens (including phenoxy) is 2. The van der Waals surface area contributed by atoms with Crippen molar-refractivity contribution in [3.05, 3.63) is 48.6 Å². The summed E-state index contributed by atoms with van der Waals surface area (Å²) in [6.45, 7) is 4.08. The number of quaternary nitrogens is 1. The number of rotatable bonds is 34. The largest absolute Gasteiger partial charge is 0.756 e. The molecule has 0 amide bonds. The summed E-state index contributed by atoms with van der Waals surface area (Å²) in [4.78, 5) is 37.2. The lowest BCUT2D eigenvalue weighted by Crippen LogP contribution is -2.37. The van der Waals surface area contributed by atoms with E-state index in [1.54, 1.807) is 0 Å². The summed E-state index contributed by atoms with van der Waals surface area (Å²) >= 11 is 0. The second kappa shape index (κ2) is 32.8. The third-order valence-electron chi connectivity index (χ3n) is 7.85. The number of likely N-dealkylation sites (N-methyl/N-ethyl adjacent to an activating group) is 1. The van der Waals surface area contributed by atoms with E-state index >= 15 is 0 Å². The highest BCUT2D eigenvalue weighted by atomic mass is 31.2. The predicted octanol–water partition coefficient (Wildman–Crippen LogP) is 9.72. The summed E-state index contributed by atoms with van der Waals surface area (Å²) in [5, 5.41) is 0. The summed E-state index contributed by atoms with van der Waals surface area (Å²) < 4.78 is 33.6. The topological polar surface area (TPSA) is 111 Å². The maximum atomic E-state index is 12.6. The molecule has 0 aliphatic carbocycles. The summed E-state index contributed by atoms with van der Waals surface area (Å²) in [6, 6.07) is 0. The van der Waals surface area contributed by atoms with Gasteiger partial charge >= 0.3 is 11.9 Å². The molecule has 0 aliphatic heterocycles. The Balaban J connectivity index is 4.53. The number of phosphoric ester groups is 1. The molecule has 0 rings (SSSR count). The first-order valence-electron chi connectivity index (χ1n) is 19.3. The van der Waals surface area contributed by atoms with Crippen LogP contribution < -0.4 is 4.89 Å². The summed E-state index contributed by atoms with van der Waals surface area (Å²) in [5.41, 5.74) is 0. The van der Waals surface area contributed by atoms with E-state index in [0.717, 1.165) is 38.5 Å². The van der Waals surface area contributed by atoms with Crippen molar-refractivity contribution in [2.45, 2.75) is 148 Å². The van der Waals surface area contributed by atoms with Crippen LogP contribution in [0.2, 0.25) is 0 Å². The van der Waals surface area contributed by atoms with Gasteiger partial charge in [0.25, 0.3) is 7.82 Å². The molecule has 0 aromatic carbocycles. The summed E-state index contributed by atoms with van der Waals surface area (Å²) in [5.74, 6) is -0.907. The number of esters is 2. The maximum Gasteiger partial charge on any atom is 0.306 e. The normalized spacial score (nSPS) is 14.3. The van der Waals surface area contributed by atoms with Crippen molar-refractivity contribution in [1.29, 1.82) is 0 Å². The average Bonchev–Trinajstić information content (AvgIpc) is 3.06. The number of carbonyl (C=O) groups excluding carboxylic acids is 2. The lowest BCUT2D eigenvalue weighted by atomic mass is 10.1. The van der Waals surface area contributed by atoms with Crippen molar-refractivity contribution in [2.24, 2.45) is 0 Å². The minimum atomic E-state index is -4.63. The van der Waals surface area contributed by atoms with E-state index in [9.17, 15) is 19.0 Å². The van der Waals surface area contributed by atoms with E-state index in [2.05, 4.69) is 56.4 Å². The highest BCUT2D eigenvalue weighted by molar-refractivity contribution is 7.45. The predicted molar refractivity (Wildman–Crippen MR) is 203 cm³/mol. The second-order valence-electron chi connectivity index (χ2n) is 13.9. The Morgan fingerprint density at radius 3 is 1.66 bits per heavy atom. The van der Waals surface area contributed by atoms with Gasteiger partial charge in [0.15, 0.2) is 6.10 Å². The molecule has 0 saturated carbocycles. The quantitative estimate of drug-likeness (QED) is 0.0212. The molecule has 2 atom stereocenters. The van der Waals surface area contributed by atoms with Crippen molar-refractivity contribution in [1.82, 2.24) is 0 Å². The van der Waals surface area contributed by atoms with Gasteiger partial charge in [0.2, 0.25) is 0 Å². The Hall–Kier alpha value is -2.03. The third-order valence-corrected chi connectivity index (χ3v) is 8.82. The number of hydrogen-bond acceptors (Lipinski definition) is 8. The lowest BCUT2D eigenvalue weighted by Gasteiger charge is -2.28. The zero-order valence-electron chi connectivity index (χ0n) is 32.3. The SMILES string of the molecule is CCCCC/C=C\C/C=C\C/C=C\C/C=C\CCCC(=O)O[C@H](COC(=O)CCCCCCCCCCC)COP(=O)([O-])OCC[N+](C)(C)C. The number of hydrogen-bond donors (Lipinski definition) is 0. The van der Waals surface area contributed by atoms with E-state index in [1.807, 2.05) is 27.2 Å². The molecule has 0 N–H and O–H groups in total. The number of phosphoric acid groups is 1. The van der Waals surface area contributed by atoms with Crippen LogP contribution >= 0.6 is 7.82 Å². The molecule has 0 aromatic rings. The molecule has 0 aliphatic rings. The van der Waals surface area contributed by atoms with E-state index in [4.69, 9.17) is 18.5 Å². The Labute approximate surface area is 305 Å². The first kappa shape index (κ1) is 48.0. The number of allylic oxidation sites excluding steroid dienone is 8. The van der Waals surface area contributed by atoms with Gasteiger partial charge in [0.05, 0.1) is 27.7 Å². The fourth-order valence-electron chi connectivity index (χ4n) is 4.76. The molecule has 290 valence electrons. The minimum Gasteiger partial charge on any atom is -0.756 e. The van der Waals surface area contributed by atoms with Gasteiger partial charge < -0.3 is 27.9 Å². The van der Waals surface area contributed by atoms with Crippen molar-refractivity contribution in [2.75, 3.05) is 47.5 Å². The van der Waals surface area contributed by atoms with Crippen molar-refractivity contribution in [3.8, 4) is 0 Å². The van der Waals surface area contributed by atoms with Crippen LogP contribution in [0.4, 0.5) is 0 Å². The van der Waals surface area contributed by atoms with Gasteiger partial charge in [-0.15, -0.1) is 0 Å². The second-order valence-corrected chi connectivity index (χ2v) is 15.4. The molecule has 0 heterocycles. The number of nitrogens with zero attached hydrogens (tertiary/aromatic N) is 1. The van der Waals surface area contributed by atoms with Crippen molar-refractivity contribution >= 4 is 19.8 Å². The molecule has 0 aromatic heterocycles. The Kier molecular flexibility index (Phi) is 31.5. The van der Waals surface area contributed by atoms with Gasteiger partial charge in [0, 0.05) is 12.8 Å². The fourth-order valence-corrected chi connectivity index (χ4v) is 5.49. The highest BCUT2D eigenvalue weighted by Gasteiger charge is 2.21. The summed E-state index contributed by atoms with van der Waals surface area (Å²) in [7, 11) is 1.12. The van der Waals surface area contributed by atoms with Crippen LogP contribution in [0, 0.1) is 0 Å². The van der Waals surface area contributed by atoms with E-state index in [-0.39, 0.29) is 26.1 Å². The van der Waals surface area contributed by atoms with Crippen LogP contribution in [0.25, 0.3) is 0 Å². The highest BCUT2D eigenvalue weighted by Crippen LogP contribution is 2.38. The third kappa shape index (κ3) is 35.8. The number of carbonyl (C=O) groups is 2. The number of unbranched alkanes of at least 4 members (excludes halogenated alkanes) is 12. The molecule has 0 fully saturated rings. The molecule has 0 spiro atoms. The smallest absolute Gasteiger partial charge is 0.306 e. The monoisotopic (exact) mass is 725 g/mol. The molecule has 9 nitrogen and oxygen atoms in total. The van der Waals surface area contributed by atoms with Crippen LogP contribution in [-0.2, 0) is 32.7 Å². The van der Waals surface area contributed by atoms with Crippen LogP contribution in [-0.4, -0.2) is 70.0 Å². The van der Waals surface area contributed by atoms with Crippen molar-refractivity contribution < 1.29 is 42.1 Å². The Morgan fingerprint density at radius 1 is 0.620 bits per heavy atom. The van der Waals surface area contributed by atoms with Crippen LogP contribution in [0.15, 0.2) is 48.6 Å². The Morgan fingerprint density at radius 2 is 1.10 bits per heavy atom. The van der Waals surface area contributed by atoms with Crippen molar-refractivity contribution in [3.63, 3.8) is 0 Å². The van der Waals surface area contributed by atoms with Gasteiger partial charge in [-0.2, -0.15) is 0 Å². The Bertz CT molecular complexity index is 1000. The zero-order valence-corrected chi connectivity index (χ0v) is 33.2. The van der Waals surface area contributed by atoms with Crippen LogP contribution in [0.1, 0.15) is 142 Å². The van der Waals surface area contributed by atoms with E-state index in [1.165, 1.54) is 64.2 Å². The van der Waals surface area contributed by atoms with Crippen LogP contribution in [0.5, 0.6) is 0 Å². The van der Waals surface area contributed by atoms with Gasteiger partial charge in [-0.1, -0.05) is 127 Å². The van der Waals surface area contributed by atoms with Gasteiger partial charge in [-0.3, -0.25) is 14.2 Å². The van der Waals surface area contributed by atoms with Gasteiger partial charge in [0.1, 0.15) is 19.8 Å². The van der Waals surface area contributed by atoms with E-state index in [0.29, 0.717) is 23.9 Å². The average molecular weight is 726 g/mol. The lowest BCUT2D eigenvalue weighted by molar-refractivity contribution is -0.870. The molecular weight excluding hydrogens is 653 g/mol. The molecule has 0 saturated heterocycles. The molecule has 0 bridgehead atoms. The first-order chi connectivity index (χ1) is 24.0. The molecule has 1 unspecified atom stereocenters. The molecule has 10 heteroatoms.